The highest BCUT2D eigenvalue weighted by Gasteiger charge is 2.19. The van der Waals surface area contributed by atoms with Crippen molar-refractivity contribution in [2.24, 2.45) is 0 Å². The maximum atomic E-state index is 13.1. The lowest BCUT2D eigenvalue weighted by atomic mass is 10.1. The number of carbonyl (C=O) groups excluding carboxylic acids is 2. The number of amides is 2. The van der Waals surface area contributed by atoms with Crippen LogP contribution in [0.4, 0.5) is 0 Å². The molecule has 1 saturated heterocycles. The van der Waals surface area contributed by atoms with Crippen LogP contribution in [0.15, 0.2) is 65.8 Å². The van der Waals surface area contributed by atoms with Crippen LogP contribution in [0.5, 0.6) is 11.5 Å². The van der Waals surface area contributed by atoms with E-state index in [2.05, 4.69) is 10.6 Å². The number of methoxy groups -OCH3 is 2. The van der Waals surface area contributed by atoms with Crippen molar-refractivity contribution in [3.63, 3.8) is 0 Å². The Bertz CT molecular complexity index is 1800. The summed E-state index contributed by atoms with van der Waals surface area (Å²) in [5.41, 5.74) is 4.63. The number of aromatic nitrogens is 3. The van der Waals surface area contributed by atoms with Crippen molar-refractivity contribution in [2.75, 3.05) is 39.7 Å². The molecular weight excluding hydrogens is 566 g/mol. The molecule has 0 aliphatic carbocycles. The van der Waals surface area contributed by atoms with Crippen LogP contribution >= 0.6 is 11.8 Å². The fraction of sp³-hybridized carbons (Fsp3) is 0.312. The lowest BCUT2D eigenvalue weighted by Gasteiger charge is -2.12. The molecule has 2 amide bonds. The molecule has 6 rings (SSSR count). The Balaban J connectivity index is 1.21. The van der Waals surface area contributed by atoms with Crippen LogP contribution < -0.4 is 20.1 Å². The predicted molar refractivity (Wildman–Crippen MR) is 166 cm³/mol. The molecule has 0 saturated carbocycles. The SMILES string of the molecule is COc1ccc(CCNC(=O)c2ccc3c(c2)nc(SCC(=O)NC[C@@H]2CCCO2)n2c4ccccc4nc32)cc1OC. The van der Waals surface area contributed by atoms with Crippen molar-refractivity contribution in [1.82, 2.24) is 25.0 Å². The highest BCUT2D eigenvalue weighted by atomic mass is 32.2. The number of hydrogen-bond acceptors (Lipinski definition) is 8. The molecule has 3 aromatic carbocycles. The number of hydrogen-bond donors (Lipinski definition) is 2. The van der Waals surface area contributed by atoms with Gasteiger partial charge in [-0.05, 0) is 67.3 Å². The van der Waals surface area contributed by atoms with E-state index in [4.69, 9.17) is 24.2 Å². The van der Waals surface area contributed by atoms with Gasteiger partial charge in [0.2, 0.25) is 5.91 Å². The number of nitrogens with one attached hydrogen (secondary N) is 2. The van der Waals surface area contributed by atoms with Gasteiger partial charge in [0.1, 0.15) is 5.65 Å². The molecular formula is C32H33N5O5S. The Hall–Kier alpha value is -4.35. The molecule has 2 N–H and O–H groups in total. The normalized spacial score (nSPS) is 14.8. The molecule has 3 heterocycles. The minimum Gasteiger partial charge on any atom is -0.493 e. The standard InChI is InChI=1S/C32H33N5O5S/c1-40-27-12-9-20(16-28(27)41-2)13-14-33-31(39)21-10-11-23-25(17-21)36-32(37-26-8-4-3-7-24(26)35-30(23)37)43-19-29(38)34-18-22-6-5-15-42-22/h3-4,7-12,16-17,22H,5-6,13-15,18-19H2,1-2H3,(H,33,39)(H,34,38)/t22-/m0/s1. The maximum Gasteiger partial charge on any atom is 0.251 e. The number of imidazole rings is 1. The third-order valence-corrected chi connectivity index (χ3v) is 8.44. The molecule has 0 radical (unpaired) electrons. The third-order valence-electron chi connectivity index (χ3n) is 7.50. The van der Waals surface area contributed by atoms with Gasteiger partial charge in [-0.15, -0.1) is 0 Å². The van der Waals surface area contributed by atoms with Gasteiger partial charge in [-0.3, -0.25) is 14.0 Å². The Morgan fingerprint density at radius 1 is 1.00 bits per heavy atom. The van der Waals surface area contributed by atoms with E-state index in [1.165, 1.54) is 11.8 Å². The minimum atomic E-state index is -0.194. The quantitative estimate of drug-likeness (QED) is 0.169. The first-order chi connectivity index (χ1) is 21.0. The van der Waals surface area contributed by atoms with E-state index in [0.717, 1.165) is 47.1 Å². The Labute approximate surface area is 253 Å². The first-order valence-electron chi connectivity index (χ1n) is 14.2. The first kappa shape index (κ1) is 28.8. The van der Waals surface area contributed by atoms with Crippen molar-refractivity contribution in [1.29, 1.82) is 0 Å². The molecule has 10 nitrogen and oxygen atoms in total. The number of ether oxygens (including phenoxy) is 3. The van der Waals surface area contributed by atoms with E-state index in [0.29, 0.717) is 47.2 Å². The Morgan fingerprint density at radius 2 is 1.86 bits per heavy atom. The molecule has 1 aliphatic heterocycles. The van der Waals surface area contributed by atoms with E-state index in [1.807, 2.05) is 52.9 Å². The summed E-state index contributed by atoms with van der Waals surface area (Å²) in [5, 5.41) is 7.43. The molecule has 2 aromatic heterocycles. The molecule has 0 bridgehead atoms. The van der Waals surface area contributed by atoms with Gasteiger partial charge >= 0.3 is 0 Å². The summed E-state index contributed by atoms with van der Waals surface area (Å²) in [5.74, 6) is 1.24. The van der Waals surface area contributed by atoms with Gasteiger partial charge in [-0.1, -0.05) is 30.0 Å². The molecule has 0 unspecified atom stereocenters. The number of thioether (sulfide) groups is 1. The summed E-state index contributed by atoms with van der Waals surface area (Å²) < 4.78 is 18.3. The molecule has 5 aromatic rings. The number of rotatable bonds is 11. The van der Waals surface area contributed by atoms with Crippen molar-refractivity contribution < 1.29 is 23.8 Å². The smallest absolute Gasteiger partial charge is 0.251 e. The fourth-order valence-corrected chi connectivity index (χ4v) is 6.12. The number of fused-ring (bicyclic) bond motifs is 5. The summed E-state index contributed by atoms with van der Waals surface area (Å²) in [6.07, 6.45) is 2.71. The van der Waals surface area contributed by atoms with E-state index >= 15 is 0 Å². The average molecular weight is 600 g/mol. The van der Waals surface area contributed by atoms with Crippen LogP contribution in [0.3, 0.4) is 0 Å². The number of para-hydroxylation sites is 2. The van der Waals surface area contributed by atoms with Crippen LogP contribution in [0, 0.1) is 0 Å². The summed E-state index contributed by atoms with van der Waals surface area (Å²) in [6, 6.07) is 19.0. The van der Waals surface area contributed by atoms with E-state index < -0.39 is 0 Å². The van der Waals surface area contributed by atoms with Crippen molar-refractivity contribution in [3.05, 3.63) is 71.8 Å². The number of benzene rings is 3. The maximum absolute atomic E-state index is 13.1. The van der Waals surface area contributed by atoms with Gasteiger partial charge < -0.3 is 24.8 Å². The zero-order valence-electron chi connectivity index (χ0n) is 24.1. The minimum absolute atomic E-state index is 0.0809. The third kappa shape index (κ3) is 6.23. The van der Waals surface area contributed by atoms with Crippen molar-refractivity contribution >= 4 is 51.2 Å². The summed E-state index contributed by atoms with van der Waals surface area (Å²) in [7, 11) is 3.20. The molecule has 11 heteroatoms. The van der Waals surface area contributed by atoms with Gasteiger partial charge in [0.25, 0.3) is 5.91 Å². The van der Waals surface area contributed by atoms with Gasteiger partial charge in [0.15, 0.2) is 16.7 Å². The number of carbonyl (C=O) groups is 2. The summed E-state index contributed by atoms with van der Waals surface area (Å²) >= 11 is 1.35. The molecule has 0 spiro atoms. The van der Waals surface area contributed by atoms with Crippen LogP contribution in [0.1, 0.15) is 28.8 Å². The lowest BCUT2D eigenvalue weighted by molar-refractivity contribution is -0.119. The molecule has 43 heavy (non-hydrogen) atoms. The Kier molecular flexibility index (Phi) is 8.62. The van der Waals surface area contributed by atoms with Crippen molar-refractivity contribution in [3.8, 4) is 11.5 Å². The molecule has 1 fully saturated rings. The average Bonchev–Trinajstić information content (AvgIpc) is 3.70. The molecule has 222 valence electrons. The van der Waals surface area contributed by atoms with Gasteiger partial charge in [0, 0.05) is 30.6 Å². The largest absolute Gasteiger partial charge is 0.493 e. The summed E-state index contributed by atoms with van der Waals surface area (Å²) in [4.78, 5) is 35.6. The second-order valence-corrected chi connectivity index (χ2v) is 11.3. The lowest BCUT2D eigenvalue weighted by Crippen LogP contribution is -2.32. The van der Waals surface area contributed by atoms with Gasteiger partial charge in [0.05, 0.1) is 42.6 Å². The fourth-order valence-electron chi connectivity index (χ4n) is 5.28. The van der Waals surface area contributed by atoms with Crippen LogP contribution in [0.2, 0.25) is 0 Å². The van der Waals surface area contributed by atoms with Crippen LogP contribution in [-0.2, 0) is 16.0 Å². The zero-order chi connectivity index (χ0) is 29.8. The van der Waals surface area contributed by atoms with E-state index in [9.17, 15) is 9.59 Å². The zero-order valence-corrected chi connectivity index (χ0v) is 24.9. The van der Waals surface area contributed by atoms with Crippen molar-refractivity contribution in [2.45, 2.75) is 30.5 Å². The summed E-state index contributed by atoms with van der Waals surface area (Å²) in [6.45, 7) is 1.71. The highest BCUT2D eigenvalue weighted by Crippen LogP contribution is 2.30. The predicted octanol–water partition coefficient (Wildman–Crippen LogP) is 4.41. The van der Waals surface area contributed by atoms with E-state index in [1.54, 1.807) is 26.4 Å². The Morgan fingerprint density at radius 3 is 2.67 bits per heavy atom. The highest BCUT2D eigenvalue weighted by molar-refractivity contribution is 7.99. The molecule has 1 atom stereocenters. The topological polar surface area (TPSA) is 116 Å². The van der Waals surface area contributed by atoms with Gasteiger partial charge in [-0.25, -0.2) is 9.97 Å². The van der Waals surface area contributed by atoms with Gasteiger partial charge in [-0.2, -0.15) is 0 Å². The van der Waals surface area contributed by atoms with E-state index in [-0.39, 0.29) is 23.7 Å². The molecule has 1 aliphatic rings. The van der Waals surface area contributed by atoms with Crippen LogP contribution in [0.25, 0.3) is 27.6 Å². The monoisotopic (exact) mass is 599 g/mol. The second-order valence-electron chi connectivity index (χ2n) is 10.3. The second kappa shape index (κ2) is 12.9. The van der Waals surface area contributed by atoms with Crippen LogP contribution in [-0.4, -0.2) is 72.0 Å². The first-order valence-corrected chi connectivity index (χ1v) is 15.2. The number of nitrogens with zero attached hydrogens (tertiary/aromatic N) is 3.